The Morgan fingerprint density at radius 3 is 2.25 bits per heavy atom. The van der Waals surface area contributed by atoms with Gasteiger partial charge < -0.3 is 17.3 Å². The molecule has 2 aliphatic heterocycles. The monoisotopic (exact) mass is 284 g/mol. The molecule has 2 fully saturated rings. The molecule has 96 valence electrons. The summed E-state index contributed by atoms with van der Waals surface area (Å²) < 4.78 is 0. The third-order valence-corrected chi connectivity index (χ3v) is 6.04. The number of nitrogens with two attached hydrogens (primary N) is 1. The number of hydrogen-bond acceptors (Lipinski definition) is 5. The first-order chi connectivity index (χ1) is 7.16. The van der Waals surface area contributed by atoms with Gasteiger partial charge in [0.15, 0.2) is 0 Å². The Morgan fingerprint density at radius 1 is 1.12 bits per heavy atom. The maximum atomic E-state index is 2.60. The van der Waals surface area contributed by atoms with Crippen molar-refractivity contribution in [1.29, 1.82) is 0 Å². The summed E-state index contributed by atoms with van der Waals surface area (Å²) in [5.74, 6) is 0. The summed E-state index contributed by atoms with van der Waals surface area (Å²) in [6.45, 7) is 4.85. The molecular formula is C9H21ClN4S2. The lowest BCUT2D eigenvalue weighted by atomic mass is 10.3. The number of nitrogens with zero attached hydrogens (tertiary/aromatic N) is 3. The molecule has 2 rings (SSSR count). The smallest absolute Gasteiger partial charge is 0.202 e. The van der Waals surface area contributed by atoms with Gasteiger partial charge in [-0.2, -0.15) is 0 Å². The molecule has 0 amide bonds. The average Bonchev–Trinajstić information content (AvgIpc) is 2.68. The topological polar surface area (TPSA) is 26.3 Å². The second-order valence-electron chi connectivity index (χ2n) is 4.47. The van der Waals surface area contributed by atoms with Crippen LogP contribution in [0.1, 0.15) is 0 Å². The van der Waals surface area contributed by atoms with Crippen molar-refractivity contribution in [2.24, 2.45) is 0 Å². The lowest BCUT2D eigenvalue weighted by molar-refractivity contribution is -0.709. The molecule has 2 heterocycles. The highest BCUT2D eigenvalue weighted by Crippen LogP contribution is 2.33. The van der Waals surface area contributed by atoms with Crippen molar-refractivity contribution in [3.8, 4) is 0 Å². The predicted molar refractivity (Wildman–Crippen MR) is 67.4 cm³/mol. The van der Waals surface area contributed by atoms with Crippen LogP contribution in [0.4, 0.5) is 0 Å². The Morgan fingerprint density at radius 2 is 1.75 bits per heavy atom. The van der Waals surface area contributed by atoms with E-state index in [0.717, 1.165) is 0 Å². The fourth-order valence-electron chi connectivity index (χ4n) is 1.84. The van der Waals surface area contributed by atoms with Crippen LogP contribution in [0.2, 0.25) is 0 Å². The average molecular weight is 285 g/mol. The van der Waals surface area contributed by atoms with Crippen LogP contribution >= 0.6 is 21.6 Å². The van der Waals surface area contributed by atoms with Crippen LogP contribution in [0, 0.1) is 0 Å². The third kappa shape index (κ3) is 3.66. The Labute approximate surface area is 112 Å². The predicted octanol–water partition coefficient (Wildman–Crippen LogP) is -3.67. The van der Waals surface area contributed by atoms with E-state index in [1.165, 1.54) is 26.2 Å². The summed E-state index contributed by atoms with van der Waals surface area (Å²) in [5, 5.41) is 2.47. The molecule has 16 heavy (non-hydrogen) atoms. The van der Waals surface area contributed by atoms with Crippen molar-refractivity contribution >= 4 is 21.6 Å². The fourth-order valence-corrected chi connectivity index (χ4v) is 5.04. The molecule has 0 bridgehead atoms. The van der Waals surface area contributed by atoms with Gasteiger partial charge in [0.2, 0.25) is 11.0 Å². The first kappa shape index (κ1) is 14.9. The molecule has 0 aromatic rings. The fraction of sp³-hybridized carbons (Fsp3) is 1.00. The quantitative estimate of drug-likeness (QED) is 0.527. The van der Waals surface area contributed by atoms with Crippen molar-refractivity contribution in [3.63, 3.8) is 0 Å². The maximum absolute atomic E-state index is 2.60. The Kier molecular flexibility index (Phi) is 6.22. The highest BCUT2D eigenvalue weighted by atomic mass is 35.5. The number of quaternary nitrogens is 1. The van der Waals surface area contributed by atoms with E-state index in [1.807, 2.05) is 21.6 Å². The molecular weight excluding hydrogens is 264 g/mol. The zero-order valence-electron chi connectivity index (χ0n) is 10.1. The molecule has 0 aromatic heterocycles. The van der Waals surface area contributed by atoms with E-state index in [2.05, 4.69) is 41.2 Å². The van der Waals surface area contributed by atoms with E-state index in [-0.39, 0.29) is 12.4 Å². The van der Waals surface area contributed by atoms with E-state index in [4.69, 9.17) is 0 Å². The highest BCUT2D eigenvalue weighted by Gasteiger charge is 2.36. The highest BCUT2D eigenvalue weighted by molar-refractivity contribution is 8.77. The number of likely N-dealkylation sites (N-methyl/N-ethyl adjacent to an activating group) is 1. The minimum atomic E-state index is 0. The Bertz CT molecular complexity index is 212. The van der Waals surface area contributed by atoms with Crippen LogP contribution in [-0.4, -0.2) is 73.0 Å². The largest absolute Gasteiger partial charge is 1.00 e. The summed E-state index contributed by atoms with van der Waals surface area (Å²) in [7, 11) is 10.5. The molecule has 0 radical (unpaired) electrons. The number of halogens is 1. The molecule has 2 unspecified atom stereocenters. The van der Waals surface area contributed by atoms with E-state index in [9.17, 15) is 0 Å². The lowest BCUT2D eigenvalue weighted by Crippen LogP contribution is -3.00. The van der Waals surface area contributed by atoms with E-state index in [0.29, 0.717) is 11.0 Å². The normalized spacial score (nSPS) is 33.0. The summed E-state index contributed by atoms with van der Waals surface area (Å²) in [4.78, 5) is 7.29. The molecule has 0 saturated carbocycles. The van der Waals surface area contributed by atoms with Gasteiger partial charge in [0.1, 0.15) is 0 Å². The van der Waals surface area contributed by atoms with Gasteiger partial charge in [0.05, 0.1) is 0 Å². The molecule has 4 nitrogen and oxygen atoms in total. The van der Waals surface area contributed by atoms with Crippen molar-refractivity contribution in [2.75, 3.05) is 47.3 Å². The van der Waals surface area contributed by atoms with Crippen molar-refractivity contribution in [3.05, 3.63) is 0 Å². The Balaban J connectivity index is 0.00000128. The van der Waals surface area contributed by atoms with Gasteiger partial charge in [-0.1, -0.05) is 0 Å². The molecule has 0 aliphatic carbocycles. The minimum absolute atomic E-state index is 0. The van der Waals surface area contributed by atoms with Crippen LogP contribution in [0.3, 0.4) is 0 Å². The third-order valence-electron chi connectivity index (χ3n) is 2.99. The summed E-state index contributed by atoms with van der Waals surface area (Å²) in [6, 6.07) is 0. The first-order valence-corrected chi connectivity index (χ1v) is 7.70. The standard InChI is InChI=1S/C9H20N4S2.ClH/c1-11(2)8-10-9(15-14-8)13-6-4-12(3)5-7-13;/h8-10H,4-7H2,1-3H3;1H. The molecule has 2 atom stereocenters. The van der Waals surface area contributed by atoms with Crippen molar-refractivity contribution in [1.82, 2.24) is 14.7 Å². The van der Waals surface area contributed by atoms with E-state index >= 15 is 0 Å². The molecule has 0 spiro atoms. The second kappa shape index (κ2) is 6.68. The number of hydrogen-bond donors (Lipinski definition) is 1. The van der Waals surface area contributed by atoms with Gasteiger partial charge >= 0.3 is 0 Å². The molecule has 2 aliphatic rings. The van der Waals surface area contributed by atoms with Crippen LogP contribution < -0.4 is 17.7 Å². The van der Waals surface area contributed by atoms with Gasteiger partial charge in [-0.25, -0.2) is 4.90 Å². The van der Waals surface area contributed by atoms with Crippen molar-refractivity contribution in [2.45, 2.75) is 11.0 Å². The van der Waals surface area contributed by atoms with E-state index < -0.39 is 0 Å². The van der Waals surface area contributed by atoms with Crippen LogP contribution in [0.5, 0.6) is 0 Å². The zero-order valence-corrected chi connectivity index (χ0v) is 12.5. The van der Waals surface area contributed by atoms with Gasteiger partial charge in [-0.05, 0) is 42.7 Å². The SMILES string of the molecule is CN1CCN(C2[NH2+]C(N(C)C)SS2)CC1.[Cl-]. The molecule has 7 heteroatoms. The first-order valence-electron chi connectivity index (χ1n) is 5.43. The molecule has 2 N–H and O–H groups in total. The molecule has 2 saturated heterocycles. The van der Waals surface area contributed by atoms with Crippen LogP contribution in [-0.2, 0) is 0 Å². The van der Waals surface area contributed by atoms with Crippen molar-refractivity contribution < 1.29 is 17.7 Å². The van der Waals surface area contributed by atoms with Crippen LogP contribution in [0.25, 0.3) is 0 Å². The zero-order chi connectivity index (χ0) is 10.8. The minimum Gasteiger partial charge on any atom is -1.00 e. The Hall–Kier alpha value is 0.830. The van der Waals surface area contributed by atoms with Crippen LogP contribution in [0.15, 0.2) is 0 Å². The summed E-state index contributed by atoms with van der Waals surface area (Å²) >= 11 is 0. The maximum Gasteiger partial charge on any atom is 0.202 e. The lowest BCUT2D eigenvalue weighted by Gasteiger charge is -2.33. The van der Waals surface area contributed by atoms with E-state index in [1.54, 1.807) is 0 Å². The number of rotatable bonds is 2. The molecule has 0 aromatic carbocycles. The number of piperazine rings is 1. The summed E-state index contributed by atoms with van der Waals surface area (Å²) in [5.41, 5.74) is 1.20. The van der Waals surface area contributed by atoms with Gasteiger partial charge in [-0.3, -0.25) is 10.2 Å². The van der Waals surface area contributed by atoms with Gasteiger partial charge in [0, 0.05) is 26.2 Å². The van der Waals surface area contributed by atoms with Gasteiger partial charge in [-0.15, -0.1) is 0 Å². The summed E-state index contributed by atoms with van der Waals surface area (Å²) in [6.07, 6.45) is 0. The van der Waals surface area contributed by atoms with Gasteiger partial charge in [0.25, 0.3) is 0 Å². The second-order valence-corrected chi connectivity index (χ2v) is 6.97.